The Morgan fingerprint density at radius 3 is 2.55 bits per heavy atom. The Hall–Kier alpha value is -1.10. The Morgan fingerprint density at radius 1 is 1.13 bits per heavy atom. The standard InChI is InChI=1S/C23H39N5O2.HI/c1-24-22(26-19-23(9-17-29)10-18-30-20-23)25-11-5-6-12-27-13-15-28(16-14-27)21-7-3-2-4-8-21;/h2-4,7-8,29H,5-6,9-20H2,1H3,(H2,24,25,26);1H. The van der Waals surface area contributed by atoms with Crippen LogP contribution < -0.4 is 15.5 Å². The number of rotatable bonds is 10. The van der Waals surface area contributed by atoms with E-state index < -0.39 is 0 Å². The highest BCUT2D eigenvalue weighted by molar-refractivity contribution is 14.0. The average Bonchev–Trinajstić information content (AvgIpc) is 3.25. The van der Waals surface area contributed by atoms with Crippen LogP contribution in [0.2, 0.25) is 0 Å². The number of ether oxygens (including phenoxy) is 1. The number of aliphatic imine (C=N–C) groups is 1. The fourth-order valence-electron chi connectivity index (χ4n) is 4.34. The highest BCUT2D eigenvalue weighted by Gasteiger charge is 2.34. The lowest BCUT2D eigenvalue weighted by atomic mass is 9.84. The smallest absolute Gasteiger partial charge is 0.190 e. The molecule has 1 aromatic rings. The molecule has 0 bridgehead atoms. The molecule has 0 amide bonds. The van der Waals surface area contributed by atoms with E-state index in [1.165, 1.54) is 12.1 Å². The van der Waals surface area contributed by atoms with Gasteiger partial charge in [0.05, 0.1) is 6.61 Å². The van der Waals surface area contributed by atoms with Crippen molar-refractivity contribution in [2.75, 3.05) is 77.6 Å². The van der Waals surface area contributed by atoms with Crippen molar-refractivity contribution in [3.8, 4) is 0 Å². The molecule has 0 aromatic heterocycles. The molecule has 2 saturated heterocycles. The summed E-state index contributed by atoms with van der Waals surface area (Å²) in [5, 5.41) is 16.2. The van der Waals surface area contributed by atoms with Gasteiger partial charge in [0.25, 0.3) is 0 Å². The fraction of sp³-hybridized carbons (Fsp3) is 0.696. The zero-order valence-corrected chi connectivity index (χ0v) is 21.2. The lowest BCUT2D eigenvalue weighted by Crippen LogP contribution is -2.47. The van der Waals surface area contributed by atoms with Gasteiger partial charge in [-0.15, -0.1) is 24.0 Å². The number of aliphatic hydroxyl groups is 1. The SMILES string of the molecule is CN=C(NCCCCN1CCN(c2ccccc2)CC1)NCC1(CCO)CCOC1.I. The van der Waals surface area contributed by atoms with Crippen LogP contribution in [0.4, 0.5) is 5.69 Å². The quantitative estimate of drug-likeness (QED) is 0.181. The van der Waals surface area contributed by atoms with E-state index in [2.05, 4.69) is 55.8 Å². The maximum Gasteiger partial charge on any atom is 0.190 e. The van der Waals surface area contributed by atoms with Crippen molar-refractivity contribution in [2.24, 2.45) is 10.4 Å². The second-order valence-electron chi connectivity index (χ2n) is 8.50. The van der Waals surface area contributed by atoms with Gasteiger partial charge in [-0.25, -0.2) is 0 Å². The van der Waals surface area contributed by atoms with Crippen LogP contribution in [0.25, 0.3) is 0 Å². The summed E-state index contributed by atoms with van der Waals surface area (Å²) in [5.74, 6) is 0.843. The van der Waals surface area contributed by atoms with Gasteiger partial charge < -0.3 is 25.4 Å². The van der Waals surface area contributed by atoms with Gasteiger partial charge in [0, 0.05) is 70.6 Å². The lowest BCUT2D eigenvalue weighted by molar-refractivity contribution is 0.127. The van der Waals surface area contributed by atoms with Crippen molar-refractivity contribution >= 4 is 35.6 Å². The van der Waals surface area contributed by atoms with Gasteiger partial charge in [0.15, 0.2) is 5.96 Å². The first-order valence-electron chi connectivity index (χ1n) is 11.4. The summed E-state index contributed by atoms with van der Waals surface area (Å²) in [4.78, 5) is 9.39. The van der Waals surface area contributed by atoms with E-state index in [9.17, 15) is 5.11 Å². The van der Waals surface area contributed by atoms with Gasteiger partial charge in [-0.3, -0.25) is 9.89 Å². The van der Waals surface area contributed by atoms with Gasteiger partial charge in [-0.2, -0.15) is 0 Å². The molecular formula is C23H40IN5O2. The van der Waals surface area contributed by atoms with Gasteiger partial charge >= 0.3 is 0 Å². The second-order valence-corrected chi connectivity index (χ2v) is 8.50. The van der Waals surface area contributed by atoms with Gasteiger partial charge in [0.1, 0.15) is 0 Å². The topological polar surface area (TPSA) is 72.4 Å². The number of anilines is 1. The normalized spacial score (nSPS) is 22.3. The van der Waals surface area contributed by atoms with Gasteiger partial charge in [-0.1, -0.05) is 18.2 Å². The van der Waals surface area contributed by atoms with E-state index in [1.807, 2.05) is 7.05 Å². The first-order chi connectivity index (χ1) is 14.7. The summed E-state index contributed by atoms with van der Waals surface area (Å²) in [6.45, 7) is 9.08. The van der Waals surface area contributed by atoms with Crippen LogP contribution in [0.5, 0.6) is 0 Å². The third-order valence-electron chi connectivity index (χ3n) is 6.37. The van der Waals surface area contributed by atoms with Crippen molar-refractivity contribution in [3.05, 3.63) is 30.3 Å². The minimum atomic E-state index is 0. The van der Waals surface area contributed by atoms with E-state index in [1.54, 1.807) is 0 Å². The summed E-state index contributed by atoms with van der Waals surface area (Å²) in [7, 11) is 1.81. The molecule has 1 aromatic carbocycles. The fourth-order valence-corrected chi connectivity index (χ4v) is 4.34. The van der Waals surface area contributed by atoms with Crippen LogP contribution in [-0.4, -0.2) is 88.6 Å². The first-order valence-corrected chi connectivity index (χ1v) is 11.4. The zero-order valence-electron chi connectivity index (χ0n) is 18.9. The number of halogens is 1. The number of guanidine groups is 1. The molecule has 31 heavy (non-hydrogen) atoms. The van der Waals surface area contributed by atoms with Gasteiger partial charge in [0.2, 0.25) is 0 Å². The van der Waals surface area contributed by atoms with Crippen LogP contribution >= 0.6 is 24.0 Å². The molecule has 3 rings (SSSR count). The van der Waals surface area contributed by atoms with Crippen molar-refractivity contribution in [1.29, 1.82) is 0 Å². The third-order valence-corrected chi connectivity index (χ3v) is 6.37. The number of nitrogens with zero attached hydrogens (tertiary/aromatic N) is 3. The second kappa shape index (κ2) is 14.1. The average molecular weight is 546 g/mol. The van der Waals surface area contributed by atoms with Gasteiger partial charge in [-0.05, 0) is 44.4 Å². The number of piperazine rings is 1. The molecule has 7 nitrogen and oxygen atoms in total. The molecule has 1 atom stereocenters. The Morgan fingerprint density at radius 2 is 1.90 bits per heavy atom. The highest BCUT2D eigenvalue weighted by atomic mass is 127. The number of nitrogens with one attached hydrogen (secondary N) is 2. The largest absolute Gasteiger partial charge is 0.396 e. The summed E-state index contributed by atoms with van der Waals surface area (Å²) >= 11 is 0. The molecule has 3 N–H and O–H groups in total. The predicted octanol–water partition coefficient (Wildman–Crippen LogP) is 2.16. The zero-order chi connectivity index (χ0) is 21.1. The monoisotopic (exact) mass is 545 g/mol. The summed E-state index contributed by atoms with van der Waals surface area (Å²) < 4.78 is 5.56. The number of hydrogen-bond acceptors (Lipinski definition) is 5. The Balaban J connectivity index is 0.00000341. The van der Waals surface area contributed by atoms with E-state index in [0.29, 0.717) is 0 Å². The summed E-state index contributed by atoms with van der Waals surface area (Å²) in [6.07, 6.45) is 4.09. The molecule has 8 heteroatoms. The minimum Gasteiger partial charge on any atom is -0.396 e. The van der Waals surface area contributed by atoms with E-state index in [-0.39, 0.29) is 36.0 Å². The molecule has 0 saturated carbocycles. The molecule has 0 aliphatic carbocycles. The van der Waals surface area contributed by atoms with Crippen LogP contribution in [0.1, 0.15) is 25.7 Å². The molecule has 2 aliphatic heterocycles. The van der Waals surface area contributed by atoms with Crippen LogP contribution in [0.15, 0.2) is 35.3 Å². The number of benzene rings is 1. The summed E-state index contributed by atoms with van der Waals surface area (Å²) in [6, 6.07) is 10.7. The number of para-hydroxylation sites is 1. The molecular weight excluding hydrogens is 505 g/mol. The van der Waals surface area contributed by atoms with Crippen molar-refractivity contribution in [3.63, 3.8) is 0 Å². The van der Waals surface area contributed by atoms with Crippen LogP contribution in [0.3, 0.4) is 0 Å². The Labute approximate surface area is 204 Å². The van der Waals surface area contributed by atoms with Crippen molar-refractivity contribution < 1.29 is 9.84 Å². The molecule has 2 fully saturated rings. The number of unbranched alkanes of at least 4 members (excludes halogenated alkanes) is 1. The Kier molecular flexibility index (Phi) is 11.9. The maximum absolute atomic E-state index is 9.36. The van der Waals surface area contributed by atoms with E-state index in [4.69, 9.17) is 4.74 Å². The van der Waals surface area contributed by atoms with Crippen molar-refractivity contribution in [1.82, 2.24) is 15.5 Å². The number of aliphatic hydroxyl groups excluding tert-OH is 1. The maximum atomic E-state index is 9.36. The van der Waals surface area contributed by atoms with E-state index >= 15 is 0 Å². The third kappa shape index (κ3) is 8.40. The van der Waals surface area contributed by atoms with Crippen molar-refractivity contribution in [2.45, 2.75) is 25.7 Å². The molecule has 0 radical (unpaired) electrons. The van der Waals surface area contributed by atoms with Crippen LogP contribution in [-0.2, 0) is 4.74 Å². The minimum absolute atomic E-state index is 0. The Bertz CT molecular complexity index is 632. The number of hydrogen-bond donors (Lipinski definition) is 3. The first kappa shape index (κ1) is 26.2. The predicted molar refractivity (Wildman–Crippen MR) is 139 cm³/mol. The molecule has 2 heterocycles. The molecule has 0 spiro atoms. The van der Waals surface area contributed by atoms with E-state index in [0.717, 1.165) is 84.2 Å². The lowest BCUT2D eigenvalue weighted by Gasteiger charge is -2.36. The highest BCUT2D eigenvalue weighted by Crippen LogP contribution is 2.31. The molecule has 176 valence electrons. The molecule has 2 aliphatic rings. The summed E-state index contributed by atoms with van der Waals surface area (Å²) in [5.41, 5.74) is 1.37. The molecule has 1 unspecified atom stereocenters. The van der Waals surface area contributed by atoms with Crippen LogP contribution in [0, 0.1) is 5.41 Å².